The molecule has 3 rings (SSSR count). The number of hydrogen-bond acceptors (Lipinski definition) is 4. The SMILES string of the molecule is O=C([O-])C[C@@H]([NH2+]Cc1ccco1)C(=O)N(c1ccccc1)c1ccccc1. The lowest BCUT2D eigenvalue weighted by Crippen LogP contribution is -2.91. The quantitative estimate of drug-likeness (QED) is 0.651. The lowest BCUT2D eigenvalue weighted by Gasteiger charge is -2.26. The van der Waals surface area contributed by atoms with Gasteiger partial charge in [0.05, 0.1) is 6.26 Å². The van der Waals surface area contributed by atoms with Crippen molar-refractivity contribution in [1.82, 2.24) is 0 Å². The second-order valence-electron chi connectivity index (χ2n) is 6.05. The molecular formula is C21H20N2O4. The van der Waals surface area contributed by atoms with Crippen molar-refractivity contribution in [3.8, 4) is 0 Å². The maximum atomic E-state index is 13.3. The van der Waals surface area contributed by atoms with Crippen LogP contribution >= 0.6 is 0 Å². The molecule has 0 aliphatic carbocycles. The number of carbonyl (C=O) groups excluding carboxylic acids is 2. The first-order valence-electron chi connectivity index (χ1n) is 8.65. The highest BCUT2D eigenvalue weighted by Gasteiger charge is 2.30. The number of carboxylic acid groups (broad SMARTS) is 1. The molecule has 3 aromatic rings. The number of carbonyl (C=O) groups is 2. The van der Waals surface area contributed by atoms with Crippen molar-refractivity contribution in [2.75, 3.05) is 4.90 Å². The number of anilines is 2. The zero-order valence-electron chi connectivity index (χ0n) is 14.7. The summed E-state index contributed by atoms with van der Waals surface area (Å²) in [6.45, 7) is 0.355. The predicted octanol–water partition coefficient (Wildman–Crippen LogP) is 1.22. The minimum Gasteiger partial charge on any atom is -0.550 e. The number of nitrogens with two attached hydrogens (primary N) is 1. The number of para-hydroxylation sites is 2. The molecule has 1 heterocycles. The van der Waals surface area contributed by atoms with Gasteiger partial charge in [0.25, 0.3) is 5.91 Å². The van der Waals surface area contributed by atoms with E-state index in [9.17, 15) is 14.7 Å². The summed E-state index contributed by atoms with van der Waals surface area (Å²) in [7, 11) is 0. The number of carboxylic acids is 1. The Morgan fingerprint density at radius 3 is 2.00 bits per heavy atom. The molecule has 0 radical (unpaired) electrons. The van der Waals surface area contributed by atoms with Gasteiger partial charge in [-0.2, -0.15) is 0 Å². The van der Waals surface area contributed by atoms with E-state index in [1.54, 1.807) is 23.7 Å². The lowest BCUT2D eigenvalue weighted by atomic mass is 10.1. The number of nitrogens with zero attached hydrogens (tertiary/aromatic N) is 1. The van der Waals surface area contributed by atoms with E-state index in [0.29, 0.717) is 23.7 Å². The van der Waals surface area contributed by atoms with Gasteiger partial charge in [-0.15, -0.1) is 0 Å². The fraction of sp³-hybridized carbons (Fsp3) is 0.143. The molecule has 0 fully saturated rings. The highest BCUT2D eigenvalue weighted by Crippen LogP contribution is 2.25. The second-order valence-corrected chi connectivity index (χ2v) is 6.05. The maximum Gasteiger partial charge on any atom is 0.290 e. The summed E-state index contributed by atoms with van der Waals surface area (Å²) in [4.78, 5) is 26.1. The van der Waals surface area contributed by atoms with Crippen molar-refractivity contribution in [3.63, 3.8) is 0 Å². The summed E-state index contributed by atoms with van der Waals surface area (Å²) in [5, 5.41) is 12.9. The van der Waals surface area contributed by atoms with Crippen LogP contribution < -0.4 is 15.3 Å². The molecule has 0 saturated carbocycles. The molecule has 0 aliphatic rings. The van der Waals surface area contributed by atoms with Gasteiger partial charge in [-0.05, 0) is 36.4 Å². The Balaban J connectivity index is 1.90. The van der Waals surface area contributed by atoms with Crippen LogP contribution in [-0.4, -0.2) is 17.9 Å². The Morgan fingerprint density at radius 1 is 0.926 bits per heavy atom. The van der Waals surface area contributed by atoms with Gasteiger partial charge < -0.3 is 19.6 Å². The third-order valence-corrected chi connectivity index (χ3v) is 4.14. The summed E-state index contributed by atoms with van der Waals surface area (Å²) in [5.74, 6) is -0.939. The van der Waals surface area contributed by atoms with Gasteiger partial charge in [0.2, 0.25) is 0 Å². The van der Waals surface area contributed by atoms with Crippen molar-refractivity contribution in [1.29, 1.82) is 0 Å². The molecular weight excluding hydrogens is 344 g/mol. The number of benzene rings is 2. The number of amides is 1. The van der Waals surface area contributed by atoms with Gasteiger partial charge in [-0.1, -0.05) is 36.4 Å². The van der Waals surface area contributed by atoms with E-state index < -0.39 is 18.4 Å². The smallest absolute Gasteiger partial charge is 0.290 e. The fourth-order valence-corrected chi connectivity index (χ4v) is 2.86. The molecule has 0 spiro atoms. The third-order valence-electron chi connectivity index (χ3n) is 4.14. The topological polar surface area (TPSA) is 90.2 Å². The zero-order chi connectivity index (χ0) is 19.1. The number of aliphatic carboxylic acids is 1. The van der Waals surface area contributed by atoms with E-state index >= 15 is 0 Å². The minimum absolute atomic E-state index is 0.330. The Bertz CT molecular complexity index is 824. The number of hydrogen-bond donors (Lipinski definition) is 1. The van der Waals surface area contributed by atoms with Crippen molar-refractivity contribution in [3.05, 3.63) is 84.8 Å². The summed E-state index contributed by atoms with van der Waals surface area (Å²) < 4.78 is 5.28. The second kappa shape index (κ2) is 8.82. The summed E-state index contributed by atoms with van der Waals surface area (Å²) in [5.41, 5.74) is 1.34. The minimum atomic E-state index is -1.27. The maximum absolute atomic E-state index is 13.3. The van der Waals surface area contributed by atoms with Crippen LogP contribution in [0.25, 0.3) is 0 Å². The van der Waals surface area contributed by atoms with E-state index in [-0.39, 0.29) is 5.91 Å². The molecule has 1 amide bonds. The van der Waals surface area contributed by atoms with Gasteiger partial charge >= 0.3 is 0 Å². The van der Waals surface area contributed by atoms with E-state index in [1.165, 1.54) is 4.90 Å². The molecule has 0 saturated heterocycles. The van der Waals surface area contributed by atoms with Crippen LogP contribution in [0.5, 0.6) is 0 Å². The van der Waals surface area contributed by atoms with Crippen LogP contribution in [0.15, 0.2) is 83.5 Å². The Hall–Kier alpha value is -3.38. The average Bonchev–Trinajstić information content (AvgIpc) is 3.20. The number of furan rings is 1. The van der Waals surface area contributed by atoms with Gasteiger partial charge in [-0.25, -0.2) is 0 Å². The normalized spacial score (nSPS) is 11.7. The first kappa shape index (κ1) is 18.4. The summed E-state index contributed by atoms with van der Waals surface area (Å²) >= 11 is 0. The van der Waals surface area contributed by atoms with Crippen molar-refractivity contribution >= 4 is 23.3 Å². The summed E-state index contributed by atoms with van der Waals surface area (Å²) in [6.07, 6.45) is 1.15. The molecule has 2 aromatic carbocycles. The number of rotatable bonds is 8. The molecule has 0 unspecified atom stereocenters. The molecule has 27 heavy (non-hydrogen) atoms. The van der Waals surface area contributed by atoms with Crippen molar-refractivity contribution in [2.45, 2.75) is 19.0 Å². The molecule has 138 valence electrons. The zero-order valence-corrected chi connectivity index (χ0v) is 14.7. The Kier molecular flexibility index (Phi) is 6.02. The third kappa shape index (κ3) is 4.83. The van der Waals surface area contributed by atoms with Crippen LogP contribution in [0.2, 0.25) is 0 Å². The first-order chi connectivity index (χ1) is 13.1. The Morgan fingerprint density at radius 2 is 1.52 bits per heavy atom. The molecule has 0 aliphatic heterocycles. The molecule has 6 nitrogen and oxygen atoms in total. The monoisotopic (exact) mass is 364 g/mol. The van der Waals surface area contributed by atoms with Crippen molar-refractivity contribution < 1.29 is 24.4 Å². The van der Waals surface area contributed by atoms with Gasteiger partial charge in [0, 0.05) is 23.8 Å². The summed E-state index contributed by atoms with van der Waals surface area (Å²) in [6, 6.07) is 21.0. The first-order valence-corrected chi connectivity index (χ1v) is 8.65. The molecule has 1 atom stereocenters. The van der Waals surface area contributed by atoms with E-state index in [2.05, 4.69) is 0 Å². The predicted molar refractivity (Wildman–Crippen MR) is 97.8 cm³/mol. The molecule has 0 bridgehead atoms. The largest absolute Gasteiger partial charge is 0.550 e. The number of quaternary nitrogens is 1. The van der Waals surface area contributed by atoms with E-state index in [1.807, 2.05) is 60.7 Å². The van der Waals surface area contributed by atoms with Crippen LogP contribution in [0.1, 0.15) is 12.2 Å². The van der Waals surface area contributed by atoms with E-state index in [4.69, 9.17) is 4.42 Å². The molecule has 2 N–H and O–H groups in total. The molecule has 6 heteroatoms. The molecule has 1 aromatic heterocycles. The Labute approximate surface area is 157 Å². The highest BCUT2D eigenvalue weighted by atomic mass is 16.4. The fourth-order valence-electron chi connectivity index (χ4n) is 2.86. The highest BCUT2D eigenvalue weighted by molar-refractivity contribution is 6.03. The van der Waals surface area contributed by atoms with Crippen LogP contribution in [0.3, 0.4) is 0 Å². The van der Waals surface area contributed by atoms with Gasteiger partial charge in [-0.3, -0.25) is 9.69 Å². The van der Waals surface area contributed by atoms with Gasteiger partial charge in [0.1, 0.15) is 6.54 Å². The van der Waals surface area contributed by atoms with Gasteiger partial charge in [0.15, 0.2) is 11.8 Å². The van der Waals surface area contributed by atoms with Crippen LogP contribution in [-0.2, 0) is 16.1 Å². The standard InChI is InChI=1S/C21H20N2O4/c24-20(25)14-19(22-15-18-12-7-13-27-18)21(26)23(16-8-3-1-4-9-16)17-10-5-2-6-11-17/h1-13,19,22H,14-15H2,(H,24,25)/t19-/m1/s1. The average molecular weight is 364 g/mol. The van der Waals surface area contributed by atoms with Crippen molar-refractivity contribution in [2.24, 2.45) is 0 Å². The van der Waals surface area contributed by atoms with Crippen LogP contribution in [0, 0.1) is 0 Å². The lowest BCUT2D eigenvalue weighted by molar-refractivity contribution is -0.693. The van der Waals surface area contributed by atoms with Crippen LogP contribution in [0.4, 0.5) is 11.4 Å². The van der Waals surface area contributed by atoms with E-state index in [0.717, 1.165) is 0 Å².